The van der Waals surface area contributed by atoms with Crippen molar-refractivity contribution < 1.29 is 0 Å². The van der Waals surface area contributed by atoms with Gasteiger partial charge in [-0.2, -0.15) is 0 Å². The third-order valence-electron chi connectivity index (χ3n) is 4.90. The second-order valence-electron chi connectivity index (χ2n) is 6.34. The SMILES string of the molecule is Cc1cccc2c1ccn2CCNC1CCCCC1C. The first-order valence-electron chi connectivity index (χ1n) is 8.03. The van der Waals surface area contributed by atoms with Crippen molar-refractivity contribution in [3.05, 3.63) is 36.0 Å². The number of aromatic nitrogens is 1. The predicted molar refractivity (Wildman–Crippen MR) is 86.1 cm³/mol. The zero-order valence-corrected chi connectivity index (χ0v) is 12.7. The molecule has 0 aliphatic heterocycles. The highest BCUT2D eigenvalue weighted by Gasteiger charge is 2.20. The summed E-state index contributed by atoms with van der Waals surface area (Å²) < 4.78 is 2.38. The number of nitrogens with zero attached hydrogens (tertiary/aromatic N) is 1. The Morgan fingerprint density at radius 2 is 2.05 bits per heavy atom. The molecule has 2 atom stereocenters. The van der Waals surface area contributed by atoms with Crippen LogP contribution in [0.4, 0.5) is 0 Å². The lowest BCUT2D eigenvalue weighted by Crippen LogP contribution is -2.38. The summed E-state index contributed by atoms with van der Waals surface area (Å²) in [5, 5.41) is 5.16. The molecular formula is C18H26N2. The van der Waals surface area contributed by atoms with Gasteiger partial charge >= 0.3 is 0 Å². The van der Waals surface area contributed by atoms with Crippen molar-refractivity contribution in [2.75, 3.05) is 6.54 Å². The number of benzene rings is 1. The van der Waals surface area contributed by atoms with E-state index in [-0.39, 0.29) is 0 Å². The molecule has 0 saturated heterocycles. The molecule has 3 rings (SSSR count). The van der Waals surface area contributed by atoms with Gasteiger partial charge < -0.3 is 9.88 Å². The summed E-state index contributed by atoms with van der Waals surface area (Å²) in [6.07, 6.45) is 7.79. The molecule has 2 aromatic rings. The maximum absolute atomic E-state index is 3.77. The highest BCUT2D eigenvalue weighted by Crippen LogP contribution is 2.24. The van der Waals surface area contributed by atoms with Gasteiger partial charge in [-0.1, -0.05) is 31.9 Å². The maximum Gasteiger partial charge on any atom is 0.0483 e. The lowest BCUT2D eigenvalue weighted by Gasteiger charge is -2.29. The highest BCUT2D eigenvalue weighted by atomic mass is 15.0. The van der Waals surface area contributed by atoms with Crippen LogP contribution in [0.15, 0.2) is 30.5 Å². The van der Waals surface area contributed by atoms with E-state index in [9.17, 15) is 0 Å². The molecule has 0 amide bonds. The molecule has 2 nitrogen and oxygen atoms in total. The van der Waals surface area contributed by atoms with Gasteiger partial charge in [-0.3, -0.25) is 0 Å². The Morgan fingerprint density at radius 3 is 2.90 bits per heavy atom. The van der Waals surface area contributed by atoms with Crippen molar-refractivity contribution in [2.24, 2.45) is 5.92 Å². The van der Waals surface area contributed by atoms with Crippen molar-refractivity contribution in [1.29, 1.82) is 0 Å². The van der Waals surface area contributed by atoms with Gasteiger partial charge in [0.2, 0.25) is 0 Å². The first-order valence-corrected chi connectivity index (χ1v) is 8.03. The Labute approximate surface area is 122 Å². The van der Waals surface area contributed by atoms with Gasteiger partial charge in [-0.15, -0.1) is 0 Å². The Bertz CT molecular complexity index is 570. The van der Waals surface area contributed by atoms with E-state index in [4.69, 9.17) is 0 Å². The first-order chi connectivity index (χ1) is 9.75. The number of hydrogen-bond donors (Lipinski definition) is 1. The van der Waals surface area contributed by atoms with Crippen LogP contribution >= 0.6 is 0 Å². The molecule has 1 aliphatic carbocycles. The van der Waals surface area contributed by atoms with Gasteiger partial charge in [-0.25, -0.2) is 0 Å². The second kappa shape index (κ2) is 6.01. The average molecular weight is 270 g/mol. The van der Waals surface area contributed by atoms with Crippen molar-refractivity contribution >= 4 is 10.9 Å². The smallest absolute Gasteiger partial charge is 0.0483 e. The van der Waals surface area contributed by atoms with Crippen molar-refractivity contribution in [3.63, 3.8) is 0 Å². The van der Waals surface area contributed by atoms with Crippen LogP contribution in [-0.2, 0) is 6.54 Å². The Kier molecular flexibility index (Phi) is 4.11. The van der Waals surface area contributed by atoms with E-state index in [0.717, 1.165) is 25.0 Å². The number of aryl methyl sites for hydroxylation is 1. The molecule has 0 radical (unpaired) electrons. The summed E-state index contributed by atoms with van der Waals surface area (Å²) in [7, 11) is 0. The van der Waals surface area contributed by atoms with Crippen LogP contribution in [-0.4, -0.2) is 17.2 Å². The minimum absolute atomic E-state index is 0.729. The van der Waals surface area contributed by atoms with E-state index in [1.807, 2.05) is 0 Å². The quantitative estimate of drug-likeness (QED) is 0.884. The molecule has 1 fully saturated rings. The lowest BCUT2D eigenvalue weighted by atomic mass is 9.86. The molecule has 1 saturated carbocycles. The Balaban J connectivity index is 1.61. The van der Waals surface area contributed by atoms with Crippen LogP contribution in [0.1, 0.15) is 38.2 Å². The van der Waals surface area contributed by atoms with E-state index in [2.05, 4.69) is 54.2 Å². The number of nitrogens with one attached hydrogen (secondary N) is 1. The summed E-state index contributed by atoms with van der Waals surface area (Å²) in [5.41, 5.74) is 2.73. The topological polar surface area (TPSA) is 17.0 Å². The van der Waals surface area contributed by atoms with E-state index in [1.54, 1.807) is 0 Å². The Hall–Kier alpha value is -1.28. The molecule has 1 aliphatic rings. The monoisotopic (exact) mass is 270 g/mol. The van der Waals surface area contributed by atoms with Gasteiger partial charge in [0.25, 0.3) is 0 Å². The number of fused-ring (bicyclic) bond motifs is 1. The molecule has 1 aromatic heterocycles. The summed E-state index contributed by atoms with van der Waals surface area (Å²) in [6.45, 7) is 6.72. The summed E-state index contributed by atoms with van der Waals surface area (Å²) in [5.74, 6) is 0.840. The molecule has 1 heterocycles. The summed E-state index contributed by atoms with van der Waals surface area (Å²) in [6, 6.07) is 9.55. The number of rotatable bonds is 4. The first kappa shape index (κ1) is 13.7. The molecule has 1 N–H and O–H groups in total. The van der Waals surface area contributed by atoms with Crippen LogP contribution in [0.2, 0.25) is 0 Å². The molecular weight excluding hydrogens is 244 g/mol. The molecule has 0 spiro atoms. The van der Waals surface area contributed by atoms with Gasteiger partial charge in [-0.05, 0) is 43.4 Å². The predicted octanol–water partition coefficient (Wildman–Crippen LogP) is 4.12. The van der Waals surface area contributed by atoms with Gasteiger partial charge in [0, 0.05) is 36.2 Å². The minimum atomic E-state index is 0.729. The van der Waals surface area contributed by atoms with Crippen molar-refractivity contribution in [2.45, 2.75) is 52.1 Å². The van der Waals surface area contributed by atoms with E-state index in [0.29, 0.717) is 0 Å². The molecule has 2 heteroatoms. The van der Waals surface area contributed by atoms with E-state index < -0.39 is 0 Å². The molecule has 2 unspecified atom stereocenters. The van der Waals surface area contributed by atoms with E-state index >= 15 is 0 Å². The van der Waals surface area contributed by atoms with Crippen LogP contribution in [0.5, 0.6) is 0 Å². The zero-order valence-electron chi connectivity index (χ0n) is 12.7. The fraction of sp³-hybridized carbons (Fsp3) is 0.556. The minimum Gasteiger partial charge on any atom is -0.346 e. The fourth-order valence-electron chi connectivity index (χ4n) is 3.56. The van der Waals surface area contributed by atoms with Crippen molar-refractivity contribution in [1.82, 2.24) is 9.88 Å². The van der Waals surface area contributed by atoms with Crippen LogP contribution in [0.3, 0.4) is 0 Å². The lowest BCUT2D eigenvalue weighted by molar-refractivity contribution is 0.279. The molecule has 0 bridgehead atoms. The van der Waals surface area contributed by atoms with Crippen LogP contribution < -0.4 is 5.32 Å². The van der Waals surface area contributed by atoms with Gasteiger partial charge in [0.15, 0.2) is 0 Å². The maximum atomic E-state index is 3.77. The van der Waals surface area contributed by atoms with Crippen LogP contribution in [0.25, 0.3) is 10.9 Å². The second-order valence-corrected chi connectivity index (χ2v) is 6.34. The Morgan fingerprint density at radius 1 is 1.20 bits per heavy atom. The zero-order chi connectivity index (χ0) is 13.9. The molecule has 108 valence electrons. The fourth-order valence-corrected chi connectivity index (χ4v) is 3.56. The van der Waals surface area contributed by atoms with E-state index in [1.165, 1.54) is 42.1 Å². The summed E-state index contributed by atoms with van der Waals surface area (Å²) >= 11 is 0. The summed E-state index contributed by atoms with van der Waals surface area (Å²) in [4.78, 5) is 0. The standard InChI is InChI=1S/C18H26N2/c1-14-7-5-9-18-16(14)10-12-20(18)13-11-19-17-8-4-3-6-15(17)2/h5,7,9-10,12,15,17,19H,3-4,6,8,11,13H2,1-2H3. The van der Waals surface area contributed by atoms with Gasteiger partial charge in [0.1, 0.15) is 0 Å². The normalized spacial score (nSPS) is 23.3. The average Bonchev–Trinajstić information content (AvgIpc) is 2.86. The van der Waals surface area contributed by atoms with Gasteiger partial charge in [0.05, 0.1) is 0 Å². The largest absolute Gasteiger partial charge is 0.346 e. The molecule has 1 aromatic carbocycles. The molecule has 20 heavy (non-hydrogen) atoms. The third-order valence-corrected chi connectivity index (χ3v) is 4.90. The third kappa shape index (κ3) is 2.76. The van der Waals surface area contributed by atoms with Crippen molar-refractivity contribution in [3.8, 4) is 0 Å². The highest BCUT2D eigenvalue weighted by molar-refractivity contribution is 5.83. The number of hydrogen-bond acceptors (Lipinski definition) is 1. The van der Waals surface area contributed by atoms with Crippen LogP contribution in [0, 0.1) is 12.8 Å².